The van der Waals surface area contributed by atoms with Gasteiger partial charge in [-0.2, -0.15) is 0 Å². The maximum absolute atomic E-state index is 12.6. The molecule has 0 radical (unpaired) electrons. The molecular weight excluding hydrogens is 308 g/mol. The number of carbonyl (C=O) groups is 3. The summed E-state index contributed by atoms with van der Waals surface area (Å²) >= 11 is 0. The fraction of sp³-hybridized carbons (Fsp3) is 0.211. The third kappa shape index (κ3) is 4.07. The number of allylic oxidation sites excluding steroid dienone is 1. The van der Waals surface area contributed by atoms with E-state index >= 15 is 0 Å². The first kappa shape index (κ1) is 17.4. The van der Waals surface area contributed by atoms with Crippen LogP contribution in [0.1, 0.15) is 31.1 Å². The molecule has 1 atom stereocenters. The summed E-state index contributed by atoms with van der Waals surface area (Å²) in [6.07, 6.45) is 2.93. The van der Waals surface area contributed by atoms with E-state index in [-0.39, 0.29) is 12.2 Å². The van der Waals surface area contributed by atoms with E-state index in [2.05, 4.69) is 0 Å². The molecule has 5 nitrogen and oxygen atoms in total. The normalized spacial score (nSPS) is 12.5. The lowest BCUT2D eigenvalue weighted by Gasteiger charge is -2.14. The average Bonchev–Trinajstić information content (AvgIpc) is 3.08. The number of esters is 1. The second-order valence-corrected chi connectivity index (χ2v) is 5.13. The molecule has 0 aliphatic heterocycles. The molecule has 1 aromatic carbocycles. The molecule has 0 aliphatic carbocycles. The molecule has 0 saturated heterocycles. The summed E-state index contributed by atoms with van der Waals surface area (Å²) in [5.41, 5.74) is 0.625. The van der Waals surface area contributed by atoms with Crippen molar-refractivity contribution in [2.24, 2.45) is 0 Å². The van der Waals surface area contributed by atoms with Gasteiger partial charge < -0.3 is 9.15 Å². The zero-order valence-electron chi connectivity index (χ0n) is 13.5. The molecule has 0 saturated carbocycles. The molecule has 0 spiro atoms. The Morgan fingerprint density at radius 3 is 2.42 bits per heavy atom. The van der Waals surface area contributed by atoms with E-state index in [0.717, 1.165) is 0 Å². The quantitative estimate of drug-likeness (QED) is 0.338. The highest BCUT2D eigenvalue weighted by atomic mass is 16.5. The summed E-state index contributed by atoms with van der Waals surface area (Å²) in [5.74, 6) is -3.10. The van der Waals surface area contributed by atoms with Gasteiger partial charge in [0.15, 0.2) is 0 Å². The Bertz CT molecular complexity index is 741. The lowest BCUT2D eigenvalue weighted by molar-refractivity contribution is -0.150. The Morgan fingerprint density at radius 2 is 1.83 bits per heavy atom. The number of hydrogen-bond acceptors (Lipinski definition) is 5. The Morgan fingerprint density at radius 1 is 1.12 bits per heavy atom. The predicted molar refractivity (Wildman–Crippen MR) is 88.2 cm³/mol. The number of benzene rings is 1. The van der Waals surface area contributed by atoms with Crippen molar-refractivity contribution in [3.8, 4) is 0 Å². The van der Waals surface area contributed by atoms with E-state index < -0.39 is 23.5 Å². The summed E-state index contributed by atoms with van der Waals surface area (Å²) in [6, 6.07) is 11.8. The Balaban J connectivity index is 2.30. The second-order valence-electron chi connectivity index (χ2n) is 5.13. The minimum Gasteiger partial charge on any atom is -0.465 e. The summed E-state index contributed by atoms with van der Waals surface area (Å²) in [7, 11) is 0. The predicted octanol–water partition coefficient (Wildman–Crippen LogP) is 3.17. The van der Waals surface area contributed by atoms with Crippen LogP contribution >= 0.6 is 0 Å². The van der Waals surface area contributed by atoms with Crippen LogP contribution in [0.25, 0.3) is 6.08 Å². The van der Waals surface area contributed by atoms with E-state index in [1.54, 1.807) is 49.4 Å². The van der Waals surface area contributed by atoms with Gasteiger partial charge in [0.2, 0.25) is 11.6 Å². The van der Waals surface area contributed by atoms with Gasteiger partial charge in [0.1, 0.15) is 11.7 Å². The highest BCUT2D eigenvalue weighted by molar-refractivity contribution is 6.48. The molecule has 24 heavy (non-hydrogen) atoms. The molecule has 0 N–H and O–H groups in total. The molecule has 0 aliphatic rings. The highest BCUT2D eigenvalue weighted by Gasteiger charge is 2.34. The summed E-state index contributed by atoms with van der Waals surface area (Å²) in [4.78, 5) is 37.2. The molecule has 0 amide bonds. The molecule has 0 bridgehead atoms. The van der Waals surface area contributed by atoms with Crippen molar-refractivity contribution in [3.05, 3.63) is 65.6 Å². The minimum absolute atomic E-state index is 0.130. The number of carbonyl (C=O) groups excluding carboxylic acids is 3. The fourth-order valence-electron chi connectivity index (χ4n) is 2.24. The number of Topliss-reactive ketones (excluding diaryl/α,β-unsaturated/α-hetero) is 2. The summed E-state index contributed by atoms with van der Waals surface area (Å²) < 4.78 is 10.1. The molecule has 2 rings (SSSR count). The molecule has 5 heteroatoms. The Hall–Kier alpha value is -2.95. The molecule has 2 aromatic rings. The van der Waals surface area contributed by atoms with Crippen LogP contribution in [0.5, 0.6) is 0 Å². The van der Waals surface area contributed by atoms with E-state index in [1.165, 1.54) is 19.3 Å². The van der Waals surface area contributed by atoms with E-state index in [1.807, 2.05) is 0 Å². The smallest absolute Gasteiger partial charge is 0.321 e. The van der Waals surface area contributed by atoms with Gasteiger partial charge in [0.25, 0.3) is 0 Å². The third-order valence-corrected chi connectivity index (χ3v) is 3.40. The molecule has 0 fully saturated rings. The zero-order chi connectivity index (χ0) is 17.5. The lowest BCUT2D eigenvalue weighted by Crippen LogP contribution is -2.30. The molecular formula is C19H18O5. The minimum atomic E-state index is -1.27. The van der Waals surface area contributed by atoms with Crippen molar-refractivity contribution in [1.29, 1.82) is 0 Å². The topological polar surface area (TPSA) is 73.6 Å². The van der Waals surface area contributed by atoms with Crippen LogP contribution in [0.4, 0.5) is 0 Å². The number of rotatable bonds is 7. The standard InChI is InChI=1S/C19H18O5/c1-3-23-19(22)16(14-8-5-4-6-9-14)18(21)17(20)13(2)12-15-10-7-11-24-15/h4-12,16H,3H2,1-2H3/b13-12+. The fourth-order valence-corrected chi connectivity index (χ4v) is 2.24. The van der Waals surface area contributed by atoms with Crippen molar-refractivity contribution in [2.45, 2.75) is 19.8 Å². The van der Waals surface area contributed by atoms with Crippen LogP contribution in [0.2, 0.25) is 0 Å². The number of furan rings is 1. The number of ketones is 2. The van der Waals surface area contributed by atoms with E-state index in [9.17, 15) is 14.4 Å². The highest BCUT2D eigenvalue weighted by Crippen LogP contribution is 2.21. The second kappa shape index (κ2) is 8.06. The van der Waals surface area contributed by atoms with Crippen molar-refractivity contribution in [2.75, 3.05) is 6.61 Å². The first-order chi connectivity index (χ1) is 11.5. The maximum Gasteiger partial charge on any atom is 0.321 e. The Labute approximate surface area is 139 Å². The van der Waals surface area contributed by atoms with Gasteiger partial charge in [-0.3, -0.25) is 14.4 Å². The van der Waals surface area contributed by atoms with Gasteiger partial charge >= 0.3 is 5.97 Å². The lowest BCUT2D eigenvalue weighted by atomic mass is 9.90. The molecule has 124 valence electrons. The first-order valence-electron chi connectivity index (χ1n) is 7.56. The van der Waals surface area contributed by atoms with Crippen LogP contribution in [-0.4, -0.2) is 24.1 Å². The largest absolute Gasteiger partial charge is 0.465 e. The molecule has 1 heterocycles. The van der Waals surface area contributed by atoms with Gasteiger partial charge in [0, 0.05) is 5.57 Å². The van der Waals surface area contributed by atoms with Crippen LogP contribution < -0.4 is 0 Å². The number of hydrogen-bond donors (Lipinski definition) is 0. The van der Waals surface area contributed by atoms with Crippen LogP contribution in [-0.2, 0) is 19.1 Å². The molecule has 1 unspecified atom stereocenters. The van der Waals surface area contributed by atoms with Crippen molar-refractivity contribution in [1.82, 2.24) is 0 Å². The van der Waals surface area contributed by atoms with Gasteiger partial charge in [-0.05, 0) is 37.6 Å². The van der Waals surface area contributed by atoms with Gasteiger partial charge in [-0.15, -0.1) is 0 Å². The SMILES string of the molecule is CCOC(=O)C(C(=O)C(=O)/C(C)=C/c1ccco1)c1ccccc1. The maximum atomic E-state index is 12.6. The van der Waals surface area contributed by atoms with E-state index in [0.29, 0.717) is 11.3 Å². The first-order valence-corrected chi connectivity index (χ1v) is 7.56. The Kier molecular flexibility index (Phi) is 5.84. The van der Waals surface area contributed by atoms with Gasteiger partial charge in [-0.25, -0.2) is 0 Å². The van der Waals surface area contributed by atoms with Gasteiger partial charge in [0.05, 0.1) is 12.9 Å². The van der Waals surface area contributed by atoms with Gasteiger partial charge in [-0.1, -0.05) is 30.3 Å². The summed E-state index contributed by atoms with van der Waals surface area (Å²) in [6.45, 7) is 3.29. The van der Waals surface area contributed by atoms with Crippen molar-refractivity contribution < 1.29 is 23.5 Å². The van der Waals surface area contributed by atoms with Crippen molar-refractivity contribution in [3.63, 3.8) is 0 Å². The van der Waals surface area contributed by atoms with Crippen molar-refractivity contribution >= 4 is 23.6 Å². The van der Waals surface area contributed by atoms with E-state index in [4.69, 9.17) is 9.15 Å². The third-order valence-electron chi connectivity index (χ3n) is 3.40. The van der Waals surface area contributed by atoms with Crippen LogP contribution in [0.3, 0.4) is 0 Å². The summed E-state index contributed by atoms with van der Waals surface area (Å²) in [5, 5.41) is 0. The van der Waals surface area contributed by atoms with Crippen LogP contribution in [0.15, 0.2) is 58.7 Å². The monoisotopic (exact) mass is 326 g/mol. The van der Waals surface area contributed by atoms with Crippen LogP contribution in [0, 0.1) is 0 Å². The zero-order valence-corrected chi connectivity index (χ0v) is 13.5. The number of ether oxygens (including phenoxy) is 1. The molecule has 1 aromatic heterocycles. The average molecular weight is 326 g/mol.